The first-order chi connectivity index (χ1) is 8.42. The molecule has 0 spiro atoms. The lowest BCUT2D eigenvalue weighted by Gasteiger charge is -2.08. The molecule has 0 saturated heterocycles. The number of halogens is 3. The topological polar surface area (TPSA) is 71.4 Å². The summed E-state index contributed by atoms with van der Waals surface area (Å²) in [5.41, 5.74) is -0.0796. The lowest BCUT2D eigenvalue weighted by atomic mass is 10.0. The van der Waals surface area contributed by atoms with Gasteiger partial charge in [-0.05, 0) is 23.7 Å². The molecule has 7 heteroatoms. The second kappa shape index (κ2) is 6.80. The molecule has 0 aliphatic carbocycles. The number of phenols is 1. The molecule has 0 aliphatic heterocycles. The number of hydrogen-bond acceptors (Lipinski definition) is 4. The summed E-state index contributed by atoms with van der Waals surface area (Å²) < 4.78 is 0.333. The molecule has 0 radical (unpaired) electrons. The van der Waals surface area contributed by atoms with Gasteiger partial charge in [-0.1, -0.05) is 45.2 Å². The number of aromatic hydroxyl groups is 1. The van der Waals surface area contributed by atoms with Crippen LogP contribution in [0.4, 0.5) is 0 Å². The van der Waals surface area contributed by atoms with Crippen LogP contribution >= 0.6 is 56.8 Å². The SMILES string of the molecule is O=C(CI)c1cc(C(=O)Cl)c(O)c(C(=O)CI)c1. The molecule has 0 bridgehead atoms. The summed E-state index contributed by atoms with van der Waals surface area (Å²) in [7, 11) is 0. The second-order valence-corrected chi connectivity index (χ2v) is 5.18. The molecule has 18 heavy (non-hydrogen) atoms. The first kappa shape index (κ1) is 15.8. The minimum absolute atomic E-state index is 0.0518. The molecule has 1 aromatic rings. The Morgan fingerprint density at radius 1 is 1.06 bits per heavy atom. The molecular formula is C11H7ClI2O4. The summed E-state index contributed by atoms with van der Waals surface area (Å²) >= 11 is 9.04. The van der Waals surface area contributed by atoms with Crippen molar-refractivity contribution in [2.75, 3.05) is 8.86 Å². The van der Waals surface area contributed by atoms with E-state index in [1.807, 2.05) is 45.2 Å². The van der Waals surface area contributed by atoms with Gasteiger partial charge in [0.1, 0.15) is 5.75 Å². The fourth-order valence-corrected chi connectivity index (χ4v) is 2.30. The molecule has 1 N–H and O–H groups in total. The third kappa shape index (κ3) is 3.41. The zero-order chi connectivity index (χ0) is 13.9. The highest BCUT2D eigenvalue weighted by Gasteiger charge is 2.20. The van der Waals surface area contributed by atoms with E-state index in [0.29, 0.717) is 0 Å². The minimum Gasteiger partial charge on any atom is -0.506 e. The molecule has 0 heterocycles. The zero-order valence-electron chi connectivity index (χ0n) is 8.87. The van der Waals surface area contributed by atoms with Crippen molar-refractivity contribution in [1.29, 1.82) is 0 Å². The van der Waals surface area contributed by atoms with E-state index in [-0.39, 0.29) is 37.1 Å². The van der Waals surface area contributed by atoms with Gasteiger partial charge in [0, 0.05) is 5.56 Å². The Morgan fingerprint density at radius 2 is 1.56 bits per heavy atom. The van der Waals surface area contributed by atoms with E-state index in [4.69, 9.17) is 11.6 Å². The molecule has 0 saturated carbocycles. The van der Waals surface area contributed by atoms with Gasteiger partial charge in [0.2, 0.25) is 0 Å². The molecule has 0 fully saturated rings. The predicted molar refractivity (Wildman–Crippen MR) is 84.7 cm³/mol. The number of carbonyl (C=O) groups excluding carboxylic acids is 3. The van der Waals surface area contributed by atoms with Gasteiger partial charge in [-0.3, -0.25) is 14.4 Å². The van der Waals surface area contributed by atoms with Crippen LogP contribution in [-0.2, 0) is 0 Å². The predicted octanol–water partition coefficient (Wildman–Crippen LogP) is 3.01. The highest BCUT2D eigenvalue weighted by atomic mass is 127. The number of alkyl halides is 2. The monoisotopic (exact) mass is 492 g/mol. The van der Waals surface area contributed by atoms with Crippen molar-refractivity contribution in [3.8, 4) is 5.75 Å². The molecule has 0 unspecified atom stereocenters. The average molecular weight is 492 g/mol. The third-order valence-electron chi connectivity index (χ3n) is 2.19. The number of phenolic OH excluding ortho intramolecular Hbond substituents is 1. The fraction of sp³-hybridized carbons (Fsp3) is 0.182. The largest absolute Gasteiger partial charge is 0.506 e. The highest BCUT2D eigenvalue weighted by molar-refractivity contribution is 14.1. The van der Waals surface area contributed by atoms with E-state index < -0.39 is 11.0 Å². The van der Waals surface area contributed by atoms with E-state index in [2.05, 4.69) is 0 Å². The Morgan fingerprint density at radius 3 is 2.00 bits per heavy atom. The molecule has 4 nitrogen and oxygen atoms in total. The molecule has 1 aromatic carbocycles. The number of hydrogen-bond donors (Lipinski definition) is 1. The zero-order valence-corrected chi connectivity index (χ0v) is 13.9. The van der Waals surface area contributed by atoms with E-state index >= 15 is 0 Å². The summed E-state index contributed by atoms with van der Waals surface area (Å²) in [6, 6.07) is 2.50. The van der Waals surface area contributed by atoms with Crippen LogP contribution < -0.4 is 0 Å². The summed E-state index contributed by atoms with van der Waals surface area (Å²) in [5.74, 6) is -1.07. The van der Waals surface area contributed by atoms with Crippen molar-refractivity contribution in [3.05, 3.63) is 28.8 Å². The van der Waals surface area contributed by atoms with Crippen LogP contribution in [0.3, 0.4) is 0 Å². The Balaban J connectivity index is 3.51. The van der Waals surface area contributed by atoms with Crippen molar-refractivity contribution in [3.63, 3.8) is 0 Å². The minimum atomic E-state index is -0.905. The van der Waals surface area contributed by atoms with Gasteiger partial charge in [0.25, 0.3) is 5.24 Å². The lowest BCUT2D eigenvalue weighted by molar-refractivity contribution is 0.102. The summed E-state index contributed by atoms with van der Waals surface area (Å²) in [5, 5.41) is 8.89. The van der Waals surface area contributed by atoms with Crippen molar-refractivity contribution in [2.24, 2.45) is 0 Å². The first-order valence-corrected chi connectivity index (χ1v) is 8.10. The van der Waals surface area contributed by atoms with Gasteiger partial charge >= 0.3 is 0 Å². The van der Waals surface area contributed by atoms with Gasteiger partial charge in [0.15, 0.2) is 11.6 Å². The lowest BCUT2D eigenvalue weighted by Crippen LogP contribution is -2.08. The highest BCUT2D eigenvalue weighted by Crippen LogP contribution is 2.27. The molecule has 0 aromatic heterocycles. The molecule has 0 atom stereocenters. The maximum atomic E-state index is 11.6. The Hall–Kier alpha value is -0.220. The third-order valence-corrected chi connectivity index (χ3v) is 3.78. The van der Waals surface area contributed by atoms with Crippen LogP contribution in [0.15, 0.2) is 12.1 Å². The van der Waals surface area contributed by atoms with Crippen molar-refractivity contribution in [1.82, 2.24) is 0 Å². The summed E-state index contributed by atoms with van der Waals surface area (Å²) in [6.07, 6.45) is 0. The van der Waals surface area contributed by atoms with Crippen molar-refractivity contribution >= 4 is 73.6 Å². The average Bonchev–Trinajstić information content (AvgIpc) is 2.36. The van der Waals surface area contributed by atoms with Gasteiger partial charge in [-0.2, -0.15) is 0 Å². The van der Waals surface area contributed by atoms with Gasteiger partial charge < -0.3 is 5.11 Å². The van der Waals surface area contributed by atoms with E-state index in [9.17, 15) is 19.5 Å². The maximum absolute atomic E-state index is 11.6. The Bertz CT molecular complexity index is 528. The quantitative estimate of drug-likeness (QED) is 0.297. The number of benzene rings is 1. The number of rotatable bonds is 5. The van der Waals surface area contributed by atoms with Gasteiger partial charge in [-0.15, -0.1) is 0 Å². The van der Waals surface area contributed by atoms with Crippen LogP contribution in [0.5, 0.6) is 5.75 Å². The standard InChI is InChI=1S/C11H7ClI2O4/c12-11(18)7-2-5(8(15)3-13)1-6(10(7)17)9(16)4-14/h1-2,17H,3-4H2. The Kier molecular flexibility index (Phi) is 5.99. The molecular weight excluding hydrogens is 485 g/mol. The fourth-order valence-electron chi connectivity index (χ4n) is 1.31. The molecule has 96 valence electrons. The Labute approximate surface area is 135 Å². The number of carbonyl (C=O) groups is 3. The normalized spacial score (nSPS) is 10.2. The molecule has 0 aliphatic rings. The van der Waals surface area contributed by atoms with E-state index in [1.165, 1.54) is 12.1 Å². The van der Waals surface area contributed by atoms with Crippen LogP contribution in [-0.4, -0.2) is 30.8 Å². The summed E-state index contributed by atoms with van der Waals surface area (Å²) in [6.45, 7) is 0. The first-order valence-electron chi connectivity index (χ1n) is 4.67. The van der Waals surface area contributed by atoms with Crippen LogP contribution in [0, 0.1) is 0 Å². The van der Waals surface area contributed by atoms with Crippen molar-refractivity contribution in [2.45, 2.75) is 0 Å². The smallest absolute Gasteiger partial charge is 0.256 e. The number of ketones is 2. The second-order valence-electron chi connectivity index (χ2n) is 3.31. The maximum Gasteiger partial charge on any atom is 0.256 e. The van der Waals surface area contributed by atoms with Crippen molar-refractivity contribution < 1.29 is 19.5 Å². The summed E-state index contributed by atoms with van der Waals surface area (Å²) in [4.78, 5) is 34.4. The van der Waals surface area contributed by atoms with Gasteiger partial charge in [0.05, 0.1) is 20.0 Å². The van der Waals surface area contributed by atoms with Crippen LogP contribution in [0.2, 0.25) is 0 Å². The van der Waals surface area contributed by atoms with Crippen LogP contribution in [0.25, 0.3) is 0 Å². The molecule has 1 rings (SSSR count). The van der Waals surface area contributed by atoms with E-state index in [1.54, 1.807) is 0 Å². The van der Waals surface area contributed by atoms with E-state index in [0.717, 1.165) is 0 Å². The van der Waals surface area contributed by atoms with Crippen LogP contribution in [0.1, 0.15) is 31.1 Å². The van der Waals surface area contributed by atoms with Gasteiger partial charge in [-0.25, -0.2) is 0 Å². The molecule has 0 amide bonds. The number of Topliss-reactive ketones (excluding diaryl/α,β-unsaturated/α-hetero) is 2.